The third kappa shape index (κ3) is 3.85. The molecule has 0 bridgehead atoms. The van der Waals surface area contributed by atoms with Gasteiger partial charge < -0.3 is 9.31 Å². The van der Waals surface area contributed by atoms with Crippen LogP contribution in [0.15, 0.2) is 24.3 Å². The summed E-state index contributed by atoms with van der Waals surface area (Å²) < 4.78 is 34.1. The maximum Gasteiger partial charge on any atom is 0.494 e. The predicted octanol–water partition coefficient (Wildman–Crippen LogP) is 0.817. The van der Waals surface area contributed by atoms with Gasteiger partial charge in [-0.3, -0.25) is 0 Å². The molecule has 0 unspecified atom stereocenters. The summed E-state index contributed by atoms with van der Waals surface area (Å²) in [6.07, 6.45) is 0.381. The monoisotopic (exact) mass is 311 g/mol. The van der Waals surface area contributed by atoms with Gasteiger partial charge in [0.1, 0.15) is 0 Å². The van der Waals surface area contributed by atoms with E-state index in [-0.39, 0.29) is 5.75 Å². The fourth-order valence-electron chi connectivity index (χ4n) is 2.13. The average Bonchev–Trinajstić information content (AvgIpc) is 2.56. The van der Waals surface area contributed by atoms with E-state index in [1.54, 1.807) is 0 Å². The van der Waals surface area contributed by atoms with Crippen molar-refractivity contribution >= 4 is 22.6 Å². The number of aryl methyl sites for hydroxylation is 1. The fraction of sp³-hybridized carbons (Fsp3) is 0.571. The highest BCUT2D eigenvalue weighted by molar-refractivity contribution is 7.89. The van der Waals surface area contributed by atoms with Crippen LogP contribution >= 0.6 is 0 Å². The second-order valence-electron chi connectivity index (χ2n) is 6.45. The molecular weight excluding hydrogens is 289 g/mol. The first-order valence-corrected chi connectivity index (χ1v) is 8.67. The standard InChI is InChI=1S/C14H22BNO4S/c1-13(2)14(3,4)20-15(19-13)12-7-5-6-11(10-12)8-9-21(16,17)18/h5-7,10H,8-9H2,1-4H3,(H2,16,17,18). The van der Waals surface area contributed by atoms with Gasteiger partial charge in [0.15, 0.2) is 0 Å². The van der Waals surface area contributed by atoms with Gasteiger partial charge in [-0.25, -0.2) is 13.6 Å². The molecule has 1 saturated heterocycles. The molecule has 0 aromatic heterocycles. The van der Waals surface area contributed by atoms with Crippen molar-refractivity contribution in [3.63, 3.8) is 0 Å². The van der Waals surface area contributed by atoms with Gasteiger partial charge in [0.05, 0.1) is 17.0 Å². The highest BCUT2D eigenvalue weighted by atomic mass is 32.2. The summed E-state index contributed by atoms with van der Waals surface area (Å²) >= 11 is 0. The molecule has 1 aliphatic heterocycles. The Morgan fingerprint density at radius 2 is 1.71 bits per heavy atom. The molecule has 0 atom stereocenters. The van der Waals surface area contributed by atoms with Gasteiger partial charge in [-0.1, -0.05) is 24.3 Å². The van der Waals surface area contributed by atoms with E-state index in [0.29, 0.717) is 6.42 Å². The Morgan fingerprint density at radius 3 is 2.24 bits per heavy atom. The van der Waals surface area contributed by atoms with Crippen LogP contribution < -0.4 is 10.6 Å². The zero-order valence-corrected chi connectivity index (χ0v) is 13.7. The summed E-state index contributed by atoms with van der Waals surface area (Å²) in [5, 5.41) is 5.04. The number of benzene rings is 1. The normalized spacial score (nSPS) is 20.7. The van der Waals surface area contributed by atoms with Crippen LogP contribution in [0, 0.1) is 0 Å². The third-order valence-corrected chi connectivity index (χ3v) is 4.92. The maximum absolute atomic E-state index is 11.0. The Balaban J connectivity index is 2.16. The van der Waals surface area contributed by atoms with E-state index in [9.17, 15) is 8.42 Å². The molecule has 2 rings (SSSR count). The summed E-state index contributed by atoms with van der Waals surface area (Å²) in [6, 6.07) is 7.58. The zero-order chi connectivity index (χ0) is 15.9. The molecule has 0 aliphatic carbocycles. The van der Waals surface area contributed by atoms with Crippen LogP contribution in [0.25, 0.3) is 0 Å². The van der Waals surface area contributed by atoms with Crippen molar-refractivity contribution in [3.05, 3.63) is 29.8 Å². The van der Waals surface area contributed by atoms with E-state index >= 15 is 0 Å². The minimum atomic E-state index is -3.45. The lowest BCUT2D eigenvalue weighted by Gasteiger charge is -2.32. The first kappa shape index (κ1) is 16.5. The highest BCUT2D eigenvalue weighted by Crippen LogP contribution is 2.36. The molecule has 7 heteroatoms. The first-order valence-electron chi connectivity index (χ1n) is 6.95. The summed E-state index contributed by atoms with van der Waals surface area (Å²) in [5.41, 5.74) is 1.000. The molecule has 21 heavy (non-hydrogen) atoms. The molecule has 116 valence electrons. The lowest BCUT2D eigenvalue weighted by molar-refractivity contribution is 0.00578. The van der Waals surface area contributed by atoms with Crippen LogP contribution in [0.2, 0.25) is 0 Å². The first-order chi connectivity index (χ1) is 9.50. The SMILES string of the molecule is CC1(C)OB(c2cccc(CCS(N)(=O)=O)c2)OC1(C)C. The van der Waals surface area contributed by atoms with E-state index in [1.807, 2.05) is 52.0 Å². The molecule has 0 radical (unpaired) electrons. The molecule has 0 spiro atoms. The van der Waals surface area contributed by atoms with E-state index in [4.69, 9.17) is 14.4 Å². The van der Waals surface area contributed by atoms with Gasteiger partial charge in [0.25, 0.3) is 0 Å². The minimum Gasteiger partial charge on any atom is -0.399 e. The molecule has 0 amide bonds. The largest absolute Gasteiger partial charge is 0.494 e. The molecule has 5 nitrogen and oxygen atoms in total. The van der Waals surface area contributed by atoms with Gasteiger partial charge in [0, 0.05) is 0 Å². The number of primary sulfonamides is 1. The zero-order valence-electron chi connectivity index (χ0n) is 12.9. The van der Waals surface area contributed by atoms with Crippen molar-refractivity contribution in [1.82, 2.24) is 0 Å². The number of sulfonamides is 1. The smallest absolute Gasteiger partial charge is 0.399 e. The number of hydrogen-bond acceptors (Lipinski definition) is 4. The Bertz CT molecular complexity index is 612. The quantitative estimate of drug-likeness (QED) is 0.835. The van der Waals surface area contributed by atoms with Gasteiger partial charge >= 0.3 is 7.12 Å². The molecule has 1 fully saturated rings. The summed E-state index contributed by atoms with van der Waals surface area (Å²) in [7, 11) is -3.89. The van der Waals surface area contributed by atoms with Gasteiger partial charge in [-0.15, -0.1) is 0 Å². The second-order valence-corrected chi connectivity index (χ2v) is 8.18. The van der Waals surface area contributed by atoms with Crippen LogP contribution in [0.3, 0.4) is 0 Å². The van der Waals surface area contributed by atoms with E-state index < -0.39 is 28.3 Å². The summed E-state index contributed by atoms with van der Waals surface area (Å²) in [5.74, 6) is -0.0696. The van der Waals surface area contributed by atoms with Crippen molar-refractivity contribution in [2.75, 3.05) is 5.75 Å². The summed E-state index contributed by atoms with van der Waals surface area (Å²) in [6.45, 7) is 7.99. The Kier molecular flexibility index (Phi) is 4.23. The summed E-state index contributed by atoms with van der Waals surface area (Å²) in [4.78, 5) is 0. The number of nitrogens with two attached hydrogens (primary N) is 1. The Labute approximate surface area is 127 Å². The van der Waals surface area contributed by atoms with Crippen molar-refractivity contribution < 1.29 is 17.7 Å². The Hall–Kier alpha value is -0.885. The molecule has 1 aromatic rings. The van der Waals surface area contributed by atoms with Crippen molar-refractivity contribution in [3.8, 4) is 0 Å². The molecule has 2 N–H and O–H groups in total. The van der Waals surface area contributed by atoms with E-state index in [1.165, 1.54) is 0 Å². The molecule has 1 aliphatic rings. The van der Waals surface area contributed by atoms with E-state index in [2.05, 4.69) is 0 Å². The number of rotatable bonds is 4. The molecule has 0 saturated carbocycles. The van der Waals surface area contributed by atoms with Crippen LogP contribution in [-0.2, 0) is 25.8 Å². The second kappa shape index (κ2) is 5.39. The van der Waals surface area contributed by atoms with Gasteiger partial charge in [0.2, 0.25) is 10.0 Å². The molecule has 1 aromatic carbocycles. The third-order valence-electron chi connectivity index (χ3n) is 4.15. The molecular formula is C14H22BNO4S. The lowest BCUT2D eigenvalue weighted by atomic mass is 9.78. The van der Waals surface area contributed by atoms with Crippen molar-refractivity contribution in [1.29, 1.82) is 0 Å². The topological polar surface area (TPSA) is 78.6 Å². The average molecular weight is 311 g/mol. The number of hydrogen-bond donors (Lipinski definition) is 1. The van der Waals surface area contributed by atoms with Crippen LogP contribution in [-0.4, -0.2) is 32.5 Å². The van der Waals surface area contributed by atoms with Crippen LogP contribution in [0.1, 0.15) is 33.3 Å². The van der Waals surface area contributed by atoms with Crippen LogP contribution in [0.4, 0.5) is 0 Å². The van der Waals surface area contributed by atoms with Crippen molar-refractivity contribution in [2.24, 2.45) is 5.14 Å². The molecule has 1 heterocycles. The van der Waals surface area contributed by atoms with Gasteiger partial charge in [-0.2, -0.15) is 0 Å². The fourth-order valence-corrected chi connectivity index (χ4v) is 2.65. The van der Waals surface area contributed by atoms with Crippen molar-refractivity contribution in [2.45, 2.75) is 45.3 Å². The Morgan fingerprint density at radius 1 is 1.14 bits per heavy atom. The van der Waals surface area contributed by atoms with E-state index in [0.717, 1.165) is 11.0 Å². The highest BCUT2D eigenvalue weighted by Gasteiger charge is 2.51. The van der Waals surface area contributed by atoms with Gasteiger partial charge in [-0.05, 0) is 45.1 Å². The maximum atomic E-state index is 11.0. The lowest BCUT2D eigenvalue weighted by Crippen LogP contribution is -2.41. The predicted molar refractivity (Wildman–Crippen MR) is 83.8 cm³/mol. The van der Waals surface area contributed by atoms with Crippen LogP contribution in [0.5, 0.6) is 0 Å². The minimum absolute atomic E-state index is 0.0696.